The van der Waals surface area contributed by atoms with Crippen LogP contribution in [0.2, 0.25) is 0 Å². The van der Waals surface area contributed by atoms with Crippen LogP contribution in [0.1, 0.15) is 35.3 Å². The first-order valence-corrected chi connectivity index (χ1v) is 7.38. The van der Waals surface area contributed by atoms with Crippen molar-refractivity contribution in [3.8, 4) is 0 Å². The largest absolute Gasteiger partial charge is 0.385 e. The topological polar surface area (TPSA) is 41.1 Å². The van der Waals surface area contributed by atoms with E-state index in [9.17, 15) is 4.79 Å². The fraction of sp³-hybridized carbons (Fsp3) is 0.278. The van der Waals surface area contributed by atoms with Gasteiger partial charge in [0.1, 0.15) is 0 Å². The summed E-state index contributed by atoms with van der Waals surface area (Å²) in [6.45, 7) is 6.94. The highest BCUT2D eigenvalue weighted by Crippen LogP contribution is 2.19. The molecule has 0 aliphatic carbocycles. The highest BCUT2D eigenvalue weighted by molar-refractivity contribution is 6.08. The van der Waals surface area contributed by atoms with E-state index in [2.05, 4.69) is 17.6 Å². The number of aryl methyl sites for hydroxylation is 2. The number of carbonyl (C=O) groups excluding carboxylic acids is 1. The van der Waals surface area contributed by atoms with Crippen molar-refractivity contribution < 1.29 is 4.79 Å². The van der Waals surface area contributed by atoms with Crippen LogP contribution in [0.3, 0.4) is 0 Å². The molecule has 0 radical (unpaired) electrons. The molecule has 0 aliphatic heterocycles. The zero-order valence-electron chi connectivity index (χ0n) is 12.9. The Labute approximate surface area is 126 Å². The molecule has 0 atom stereocenters. The van der Waals surface area contributed by atoms with Crippen molar-refractivity contribution >= 4 is 17.3 Å². The number of carbonyl (C=O) groups is 1. The Balaban J connectivity index is 2.19. The second-order valence-corrected chi connectivity index (χ2v) is 5.08. The molecule has 0 heterocycles. The minimum Gasteiger partial charge on any atom is -0.385 e. The first kappa shape index (κ1) is 15.1. The van der Waals surface area contributed by atoms with E-state index in [1.54, 1.807) is 0 Å². The van der Waals surface area contributed by atoms with Crippen molar-refractivity contribution in [3.05, 3.63) is 59.2 Å². The molecule has 0 saturated carbocycles. The summed E-state index contributed by atoms with van der Waals surface area (Å²) >= 11 is 0. The molecule has 21 heavy (non-hydrogen) atoms. The Morgan fingerprint density at radius 1 is 1.05 bits per heavy atom. The van der Waals surface area contributed by atoms with Crippen LogP contribution < -0.4 is 10.6 Å². The predicted octanol–water partition coefficient (Wildman–Crippen LogP) is 4.24. The van der Waals surface area contributed by atoms with Gasteiger partial charge in [-0.1, -0.05) is 25.1 Å². The predicted molar refractivity (Wildman–Crippen MR) is 89.1 cm³/mol. The lowest BCUT2D eigenvalue weighted by atomic mass is 10.1. The highest BCUT2D eigenvalue weighted by Gasteiger charge is 2.11. The number of rotatable bonds is 5. The number of hydrogen-bond acceptors (Lipinski definition) is 2. The summed E-state index contributed by atoms with van der Waals surface area (Å²) in [6, 6.07) is 13.8. The van der Waals surface area contributed by atoms with Crippen LogP contribution in [0.15, 0.2) is 42.5 Å². The normalized spacial score (nSPS) is 10.2. The molecule has 0 aliphatic rings. The molecule has 3 heteroatoms. The zero-order valence-corrected chi connectivity index (χ0v) is 12.9. The van der Waals surface area contributed by atoms with Gasteiger partial charge in [-0.3, -0.25) is 4.79 Å². The average Bonchev–Trinajstić information content (AvgIpc) is 2.48. The second-order valence-electron chi connectivity index (χ2n) is 5.08. The Bertz CT molecular complexity index is 618. The summed E-state index contributed by atoms with van der Waals surface area (Å²) in [5.74, 6) is -0.0878. The average molecular weight is 282 g/mol. The molecule has 1 amide bonds. The van der Waals surface area contributed by atoms with Gasteiger partial charge in [0.2, 0.25) is 0 Å². The molecule has 2 N–H and O–H groups in total. The van der Waals surface area contributed by atoms with E-state index in [-0.39, 0.29) is 5.91 Å². The quantitative estimate of drug-likeness (QED) is 0.861. The monoisotopic (exact) mass is 282 g/mol. The Hall–Kier alpha value is -2.29. The lowest BCUT2D eigenvalue weighted by Crippen LogP contribution is -2.15. The Kier molecular flexibility index (Phi) is 4.99. The molecule has 0 unspecified atom stereocenters. The fourth-order valence-electron chi connectivity index (χ4n) is 2.22. The van der Waals surface area contributed by atoms with Crippen molar-refractivity contribution in [2.45, 2.75) is 27.2 Å². The maximum Gasteiger partial charge on any atom is 0.257 e. The second kappa shape index (κ2) is 6.93. The minimum atomic E-state index is -0.0878. The van der Waals surface area contributed by atoms with Crippen LogP contribution in [-0.2, 0) is 6.42 Å². The molecule has 2 rings (SSSR count). The number of hydrogen-bond donors (Lipinski definition) is 2. The molecule has 2 aromatic carbocycles. The first-order valence-electron chi connectivity index (χ1n) is 7.38. The van der Waals surface area contributed by atoms with E-state index in [1.165, 1.54) is 5.56 Å². The van der Waals surface area contributed by atoms with Gasteiger partial charge in [-0.2, -0.15) is 0 Å². The first-order chi connectivity index (χ1) is 10.1. The van der Waals surface area contributed by atoms with Gasteiger partial charge in [-0.25, -0.2) is 0 Å². The standard InChI is InChI=1S/C18H22N2O/c1-4-14-7-9-15(10-8-14)20-18(21)16-11-6-13(3)12-17(16)19-5-2/h6-12,19H,4-5H2,1-3H3,(H,20,21). The number of benzene rings is 2. The highest BCUT2D eigenvalue weighted by atomic mass is 16.1. The summed E-state index contributed by atoms with van der Waals surface area (Å²) in [7, 11) is 0. The Morgan fingerprint density at radius 2 is 1.76 bits per heavy atom. The van der Waals surface area contributed by atoms with Crippen LogP contribution in [0.4, 0.5) is 11.4 Å². The fourth-order valence-corrected chi connectivity index (χ4v) is 2.22. The number of amides is 1. The van der Waals surface area contributed by atoms with Crippen molar-refractivity contribution in [2.75, 3.05) is 17.2 Å². The molecule has 0 spiro atoms. The van der Waals surface area contributed by atoms with Crippen LogP contribution in [-0.4, -0.2) is 12.5 Å². The van der Waals surface area contributed by atoms with Gasteiger partial charge in [0, 0.05) is 17.9 Å². The third-order valence-electron chi connectivity index (χ3n) is 3.41. The third kappa shape index (κ3) is 3.85. The molecule has 110 valence electrons. The smallest absolute Gasteiger partial charge is 0.257 e. The van der Waals surface area contributed by atoms with Gasteiger partial charge in [0.15, 0.2) is 0 Å². The van der Waals surface area contributed by atoms with Crippen molar-refractivity contribution in [3.63, 3.8) is 0 Å². The van der Waals surface area contributed by atoms with Gasteiger partial charge in [0.25, 0.3) is 5.91 Å². The van der Waals surface area contributed by atoms with Crippen molar-refractivity contribution in [1.29, 1.82) is 0 Å². The SMILES string of the molecule is CCNc1cc(C)ccc1C(=O)Nc1ccc(CC)cc1. The maximum atomic E-state index is 12.4. The van der Waals surface area contributed by atoms with Crippen molar-refractivity contribution in [1.82, 2.24) is 0 Å². The Morgan fingerprint density at radius 3 is 2.38 bits per heavy atom. The molecule has 0 aromatic heterocycles. The van der Waals surface area contributed by atoms with Gasteiger partial charge in [-0.15, -0.1) is 0 Å². The molecule has 0 fully saturated rings. The van der Waals surface area contributed by atoms with E-state index in [0.717, 1.165) is 29.9 Å². The molecule has 3 nitrogen and oxygen atoms in total. The van der Waals surface area contributed by atoms with E-state index in [4.69, 9.17) is 0 Å². The summed E-state index contributed by atoms with van der Waals surface area (Å²) < 4.78 is 0. The maximum absolute atomic E-state index is 12.4. The van der Waals surface area contributed by atoms with Gasteiger partial charge < -0.3 is 10.6 Å². The minimum absolute atomic E-state index is 0.0878. The van der Waals surface area contributed by atoms with Gasteiger partial charge >= 0.3 is 0 Å². The number of anilines is 2. The molecular formula is C18H22N2O. The summed E-state index contributed by atoms with van der Waals surface area (Å²) in [5, 5.41) is 6.19. The van der Waals surface area contributed by atoms with Gasteiger partial charge in [-0.05, 0) is 55.7 Å². The van der Waals surface area contributed by atoms with E-state index in [0.29, 0.717) is 5.56 Å². The van der Waals surface area contributed by atoms with Crippen LogP contribution in [0.25, 0.3) is 0 Å². The zero-order chi connectivity index (χ0) is 15.2. The molecule has 0 bridgehead atoms. The lowest BCUT2D eigenvalue weighted by Gasteiger charge is -2.12. The summed E-state index contributed by atoms with van der Waals surface area (Å²) in [4.78, 5) is 12.4. The number of nitrogens with one attached hydrogen (secondary N) is 2. The van der Waals surface area contributed by atoms with E-state index < -0.39 is 0 Å². The van der Waals surface area contributed by atoms with E-state index >= 15 is 0 Å². The molecule has 0 saturated heterocycles. The van der Waals surface area contributed by atoms with E-state index in [1.807, 2.05) is 56.3 Å². The van der Waals surface area contributed by atoms with Crippen LogP contribution in [0, 0.1) is 6.92 Å². The molecular weight excluding hydrogens is 260 g/mol. The molecule has 2 aromatic rings. The van der Waals surface area contributed by atoms with Gasteiger partial charge in [0.05, 0.1) is 5.56 Å². The summed E-state index contributed by atoms with van der Waals surface area (Å²) in [6.07, 6.45) is 0.997. The summed E-state index contributed by atoms with van der Waals surface area (Å²) in [5.41, 5.74) is 4.76. The van der Waals surface area contributed by atoms with Crippen LogP contribution >= 0.6 is 0 Å². The third-order valence-corrected chi connectivity index (χ3v) is 3.41. The van der Waals surface area contributed by atoms with Crippen molar-refractivity contribution in [2.24, 2.45) is 0 Å². The van der Waals surface area contributed by atoms with Crippen LogP contribution in [0.5, 0.6) is 0 Å². The lowest BCUT2D eigenvalue weighted by molar-refractivity contribution is 0.102.